The van der Waals surface area contributed by atoms with Crippen LogP contribution in [0.4, 0.5) is 0 Å². The van der Waals surface area contributed by atoms with Crippen LogP contribution < -0.4 is 5.32 Å². The van der Waals surface area contributed by atoms with Gasteiger partial charge >= 0.3 is 5.97 Å². The Kier molecular flexibility index (Phi) is 6.22. The van der Waals surface area contributed by atoms with Gasteiger partial charge in [0.2, 0.25) is 5.91 Å². The Hall–Kier alpha value is -2.28. The van der Waals surface area contributed by atoms with E-state index in [1.54, 1.807) is 12.4 Å². The molecule has 0 aliphatic heterocycles. The molecule has 0 aliphatic rings. The fraction of sp³-hybridized carbons (Fsp3) is 0.375. The maximum atomic E-state index is 12.0. The number of carboxylic acid groups (broad SMARTS) is 1. The first-order chi connectivity index (χ1) is 11.1. The molecular weight excluding hydrogens is 314 g/mol. The number of carbonyl (C=O) groups excluding carboxylic acids is 1. The molecule has 0 bridgehead atoms. The number of aliphatic carboxylic acids is 1. The third-order valence-corrected chi connectivity index (χ3v) is 4.22. The van der Waals surface area contributed by atoms with Gasteiger partial charge in [-0.05, 0) is 18.6 Å². The average Bonchev–Trinajstić information content (AvgIpc) is 3.00. The third-order valence-electron chi connectivity index (χ3n) is 3.28. The van der Waals surface area contributed by atoms with Gasteiger partial charge in [-0.3, -0.25) is 9.78 Å². The minimum Gasteiger partial charge on any atom is -0.480 e. The maximum Gasteiger partial charge on any atom is 0.326 e. The number of amides is 1. The van der Waals surface area contributed by atoms with Crippen LogP contribution in [0.5, 0.6) is 0 Å². The summed E-state index contributed by atoms with van der Waals surface area (Å²) in [7, 11) is 0. The topological polar surface area (TPSA) is 92.2 Å². The van der Waals surface area contributed by atoms with Crippen molar-refractivity contribution in [1.29, 1.82) is 0 Å². The normalized spacial score (nSPS) is 11.9. The summed E-state index contributed by atoms with van der Waals surface area (Å²) in [5, 5.41) is 14.3. The van der Waals surface area contributed by atoms with E-state index in [0.29, 0.717) is 12.1 Å². The highest BCUT2D eigenvalue weighted by atomic mass is 32.1. The van der Waals surface area contributed by atoms with E-state index in [2.05, 4.69) is 15.3 Å². The molecule has 0 radical (unpaired) electrons. The predicted octanol–water partition coefficient (Wildman–Crippen LogP) is 2.51. The fourth-order valence-electron chi connectivity index (χ4n) is 2.09. The van der Waals surface area contributed by atoms with Gasteiger partial charge in [-0.1, -0.05) is 19.8 Å². The maximum absolute atomic E-state index is 12.0. The lowest BCUT2D eigenvalue weighted by atomic mass is 10.1. The molecule has 23 heavy (non-hydrogen) atoms. The van der Waals surface area contributed by atoms with Crippen LogP contribution in [-0.4, -0.2) is 33.0 Å². The number of carboxylic acids is 1. The summed E-state index contributed by atoms with van der Waals surface area (Å²) in [6.45, 7) is 1.98. The number of carbonyl (C=O) groups is 2. The molecule has 2 N–H and O–H groups in total. The predicted molar refractivity (Wildman–Crippen MR) is 88.1 cm³/mol. The Morgan fingerprint density at radius 1 is 1.43 bits per heavy atom. The number of hydrogen-bond acceptors (Lipinski definition) is 5. The van der Waals surface area contributed by atoms with Crippen LogP contribution in [0.15, 0.2) is 29.9 Å². The molecule has 2 rings (SSSR count). The summed E-state index contributed by atoms with van der Waals surface area (Å²) >= 11 is 1.44. The zero-order valence-corrected chi connectivity index (χ0v) is 13.7. The van der Waals surface area contributed by atoms with E-state index in [1.165, 1.54) is 11.3 Å². The van der Waals surface area contributed by atoms with Crippen molar-refractivity contribution in [3.8, 4) is 10.6 Å². The quantitative estimate of drug-likeness (QED) is 0.774. The van der Waals surface area contributed by atoms with Crippen molar-refractivity contribution in [3.63, 3.8) is 0 Å². The summed E-state index contributed by atoms with van der Waals surface area (Å²) in [6, 6.07) is 2.90. The third kappa shape index (κ3) is 5.14. The lowest BCUT2D eigenvalue weighted by molar-refractivity contribution is -0.142. The number of pyridine rings is 1. The molecule has 1 atom stereocenters. The number of nitrogens with one attached hydrogen (secondary N) is 1. The molecule has 0 spiro atoms. The van der Waals surface area contributed by atoms with Gasteiger partial charge in [-0.15, -0.1) is 11.3 Å². The van der Waals surface area contributed by atoms with E-state index >= 15 is 0 Å². The largest absolute Gasteiger partial charge is 0.480 e. The fourth-order valence-corrected chi connectivity index (χ4v) is 2.90. The molecule has 0 saturated carbocycles. The van der Waals surface area contributed by atoms with Gasteiger partial charge in [0.05, 0.1) is 12.1 Å². The van der Waals surface area contributed by atoms with Crippen molar-refractivity contribution in [2.45, 2.75) is 38.6 Å². The van der Waals surface area contributed by atoms with Crippen LogP contribution in [0.1, 0.15) is 31.9 Å². The molecule has 122 valence electrons. The first kappa shape index (κ1) is 17.1. The molecule has 2 aromatic rings. The summed E-state index contributed by atoms with van der Waals surface area (Å²) in [5.41, 5.74) is 1.53. The smallest absolute Gasteiger partial charge is 0.326 e. The lowest BCUT2D eigenvalue weighted by Gasteiger charge is -2.13. The second kappa shape index (κ2) is 8.38. The summed E-state index contributed by atoms with van der Waals surface area (Å²) in [6.07, 6.45) is 5.57. The summed E-state index contributed by atoms with van der Waals surface area (Å²) < 4.78 is 0. The minimum absolute atomic E-state index is 0.0761. The Bertz CT molecular complexity index is 658. The van der Waals surface area contributed by atoms with Crippen LogP contribution in [0.2, 0.25) is 0 Å². The number of aromatic nitrogens is 2. The van der Waals surface area contributed by atoms with Crippen molar-refractivity contribution in [2.24, 2.45) is 0 Å². The second-order valence-electron chi connectivity index (χ2n) is 5.16. The van der Waals surface area contributed by atoms with Crippen molar-refractivity contribution < 1.29 is 14.7 Å². The molecule has 1 amide bonds. The van der Waals surface area contributed by atoms with Crippen molar-refractivity contribution >= 4 is 23.2 Å². The van der Waals surface area contributed by atoms with E-state index in [-0.39, 0.29) is 12.3 Å². The number of thiazole rings is 1. The Balaban J connectivity index is 1.95. The van der Waals surface area contributed by atoms with Crippen LogP contribution in [0.25, 0.3) is 10.6 Å². The van der Waals surface area contributed by atoms with Gasteiger partial charge in [0.15, 0.2) is 0 Å². The average molecular weight is 333 g/mol. The first-order valence-corrected chi connectivity index (χ1v) is 8.35. The van der Waals surface area contributed by atoms with Gasteiger partial charge in [0.25, 0.3) is 0 Å². The van der Waals surface area contributed by atoms with Crippen molar-refractivity contribution in [2.75, 3.05) is 0 Å². The molecule has 2 aromatic heterocycles. The van der Waals surface area contributed by atoms with E-state index in [4.69, 9.17) is 5.11 Å². The Labute approximate surface area is 138 Å². The number of rotatable bonds is 8. The van der Waals surface area contributed by atoms with Crippen LogP contribution >= 0.6 is 11.3 Å². The SMILES string of the molecule is CCCCC(NC(=O)Cc1csc(-c2cccnc2)n1)C(=O)O. The first-order valence-electron chi connectivity index (χ1n) is 7.47. The molecule has 6 nitrogen and oxygen atoms in total. The molecule has 1 unspecified atom stereocenters. The van der Waals surface area contributed by atoms with E-state index < -0.39 is 12.0 Å². The summed E-state index contributed by atoms with van der Waals surface area (Å²) in [4.78, 5) is 31.6. The lowest BCUT2D eigenvalue weighted by Crippen LogP contribution is -2.41. The van der Waals surface area contributed by atoms with Gasteiger partial charge in [0, 0.05) is 23.3 Å². The molecule has 2 heterocycles. The highest BCUT2D eigenvalue weighted by Crippen LogP contribution is 2.22. The number of hydrogen-bond donors (Lipinski definition) is 2. The Morgan fingerprint density at radius 2 is 2.26 bits per heavy atom. The van der Waals surface area contributed by atoms with E-state index in [0.717, 1.165) is 23.4 Å². The standard InChI is InChI=1S/C16H19N3O3S/c1-2-3-6-13(16(21)22)19-14(20)8-12-10-23-15(18-12)11-5-4-7-17-9-11/h4-5,7,9-10,13H,2-3,6,8H2,1H3,(H,19,20)(H,21,22). The highest BCUT2D eigenvalue weighted by molar-refractivity contribution is 7.13. The zero-order chi connectivity index (χ0) is 16.7. The molecule has 0 saturated heterocycles. The number of unbranched alkanes of at least 4 members (excludes halogenated alkanes) is 1. The van der Waals surface area contributed by atoms with Gasteiger partial charge in [0.1, 0.15) is 11.0 Å². The zero-order valence-electron chi connectivity index (χ0n) is 12.9. The van der Waals surface area contributed by atoms with Gasteiger partial charge in [-0.2, -0.15) is 0 Å². The van der Waals surface area contributed by atoms with Crippen LogP contribution in [-0.2, 0) is 16.0 Å². The van der Waals surface area contributed by atoms with Gasteiger partial charge < -0.3 is 10.4 Å². The number of nitrogens with zero attached hydrogens (tertiary/aromatic N) is 2. The molecule has 0 aliphatic carbocycles. The van der Waals surface area contributed by atoms with Crippen molar-refractivity contribution in [1.82, 2.24) is 15.3 Å². The monoisotopic (exact) mass is 333 g/mol. The molecular formula is C16H19N3O3S. The summed E-state index contributed by atoms with van der Waals surface area (Å²) in [5.74, 6) is -1.32. The minimum atomic E-state index is -0.999. The molecule has 7 heteroatoms. The molecule has 0 aromatic carbocycles. The van der Waals surface area contributed by atoms with Gasteiger partial charge in [-0.25, -0.2) is 9.78 Å². The van der Waals surface area contributed by atoms with E-state index in [1.807, 2.05) is 24.4 Å². The van der Waals surface area contributed by atoms with Crippen molar-refractivity contribution in [3.05, 3.63) is 35.6 Å². The Morgan fingerprint density at radius 3 is 2.91 bits per heavy atom. The highest BCUT2D eigenvalue weighted by Gasteiger charge is 2.19. The molecule has 0 fully saturated rings. The second-order valence-corrected chi connectivity index (χ2v) is 6.02. The van der Waals surface area contributed by atoms with Crippen LogP contribution in [0, 0.1) is 0 Å². The van der Waals surface area contributed by atoms with E-state index in [9.17, 15) is 9.59 Å². The van der Waals surface area contributed by atoms with Crippen LogP contribution in [0.3, 0.4) is 0 Å².